The number of aromatic nitrogens is 5. The van der Waals surface area contributed by atoms with E-state index in [4.69, 9.17) is 4.74 Å². The van der Waals surface area contributed by atoms with Gasteiger partial charge in [0.15, 0.2) is 5.65 Å². The summed E-state index contributed by atoms with van der Waals surface area (Å²) in [6, 6.07) is 0. The van der Waals surface area contributed by atoms with Gasteiger partial charge >= 0.3 is 5.97 Å². The van der Waals surface area contributed by atoms with Crippen molar-refractivity contribution in [2.45, 2.75) is 32.6 Å². The normalized spacial score (nSPS) is 15.4. The number of esters is 1. The van der Waals surface area contributed by atoms with Gasteiger partial charge in [-0.1, -0.05) is 0 Å². The molecular formula is C20H26N6O2. The summed E-state index contributed by atoms with van der Waals surface area (Å²) in [5.41, 5.74) is 4.37. The van der Waals surface area contributed by atoms with Crippen LogP contribution in [-0.4, -0.2) is 50.2 Å². The molecule has 148 valence electrons. The van der Waals surface area contributed by atoms with E-state index >= 15 is 0 Å². The lowest BCUT2D eigenvalue weighted by Gasteiger charge is -2.34. The van der Waals surface area contributed by atoms with E-state index in [1.807, 2.05) is 38.8 Å². The number of anilines is 1. The standard InChI is InChI=1S/C20H26N6O2/c1-5-28-20(27)16-11-21-19-17(13(2)23-25(19)4)18(16)26-8-6-14(7-9-26)15-10-22-24(3)12-15/h10-12,14H,5-9H2,1-4H3. The maximum atomic E-state index is 12.6. The molecule has 1 fully saturated rings. The summed E-state index contributed by atoms with van der Waals surface area (Å²) in [7, 11) is 3.83. The third-order valence-corrected chi connectivity index (χ3v) is 5.50. The molecule has 8 heteroatoms. The first-order chi connectivity index (χ1) is 13.5. The molecule has 3 aromatic heterocycles. The van der Waals surface area contributed by atoms with Crippen LogP contribution in [-0.2, 0) is 18.8 Å². The molecule has 0 atom stereocenters. The molecule has 1 aliphatic rings. The van der Waals surface area contributed by atoms with Crippen molar-refractivity contribution in [3.05, 3.63) is 35.4 Å². The average Bonchev–Trinajstić information content (AvgIpc) is 3.25. The maximum absolute atomic E-state index is 12.6. The minimum atomic E-state index is -0.329. The number of aryl methyl sites for hydroxylation is 3. The van der Waals surface area contributed by atoms with E-state index in [1.165, 1.54) is 5.56 Å². The highest BCUT2D eigenvalue weighted by Gasteiger charge is 2.28. The first kappa shape index (κ1) is 18.5. The molecule has 28 heavy (non-hydrogen) atoms. The SMILES string of the molecule is CCOC(=O)c1cnc2c(c(C)nn2C)c1N1CCC(c2cnn(C)c2)CC1. The molecule has 0 spiro atoms. The highest BCUT2D eigenvalue weighted by Crippen LogP contribution is 2.36. The summed E-state index contributed by atoms with van der Waals surface area (Å²) < 4.78 is 8.93. The second-order valence-corrected chi connectivity index (χ2v) is 7.36. The molecular weight excluding hydrogens is 356 g/mol. The van der Waals surface area contributed by atoms with Crippen molar-refractivity contribution in [2.75, 3.05) is 24.6 Å². The predicted octanol–water partition coefficient (Wildman–Crippen LogP) is 2.57. The molecule has 1 aliphatic heterocycles. The number of hydrogen-bond acceptors (Lipinski definition) is 6. The van der Waals surface area contributed by atoms with E-state index < -0.39 is 0 Å². The third-order valence-electron chi connectivity index (χ3n) is 5.50. The fraction of sp³-hybridized carbons (Fsp3) is 0.500. The highest BCUT2D eigenvalue weighted by molar-refractivity contribution is 6.05. The monoisotopic (exact) mass is 382 g/mol. The van der Waals surface area contributed by atoms with Crippen LogP contribution in [0.5, 0.6) is 0 Å². The van der Waals surface area contributed by atoms with Gasteiger partial charge in [-0.05, 0) is 38.2 Å². The number of carbonyl (C=O) groups is 1. The topological polar surface area (TPSA) is 78.1 Å². The van der Waals surface area contributed by atoms with Crippen LogP contribution in [0, 0.1) is 6.92 Å². The Kier molecular flexibility index (Phi) is 4.78. The molecule has 0 radical (unpaired) electrons. The quantitative estimate of drug-likeness (QED) is 0.646. The zero-order chi connectivity index (χ0) is 19.8. The van der Waals surface area contributed by atoms with Crippen LogP contribution < -0.4 is 4.90 Å². The lowest BCUT2D eigenvalue weighted by molar-refractivity contribution is 0.0526. The Labute approximate surface area is 164 Å². The average molecular weight is 382 g/mol. The molecule has 3 aromatic rings. The molecule has 0 saturated carbocycles. The van der Waals surface area contributed by atoms with Gasteiger partial charge in [0.25, 0.3) is 0 Å². The van der Waals surface area contributed by atoms with E-state index in [1.54, 1.807) is 10.9 Å². The molecule has 0 aromatic carbocycles. The number of nitrogens with zero attached hydrogens (tertiary/aromatic N) is 6. The van der Waals surface area contributed by atoms with Gasteiger partial charge in [-0.3, -0.25) is 9.36 Å². The number of carbonyl (C=O) groups excluding carboxylic acids is 1. The second-order valence-electron chi connectivity index (χ2n) is 7.36. The molecule has 0 N–H and O–H groups in total. The van der Waals surface area contributed by atoms with Crippen LogP contribution in [0.1, 0.15) is 47.3 Å². The van der Waals surface area contributed by atoms with Gasteiger partial charge in [0.05, 0.1) is 29.6 Å². The summed E-state index contributed by atoms with van der Waals surface area (Å²) >= 11 is 0. The van der Waals surface area contributed by atoms with Crippen molar-refractivity contribution in [2.24, 2.45) is 14.1 Å². The van der Waals surface area contributed by atoms with E-state index in [2.05, 4.69) is 26.3 Å². The zero-order valence-electron chi connectivity index (χ0n) is 16.8. The van der Waals surface area contributed by atoms with Gasteiger partial charge in [-0.2, -0.15) is 10.2 Å². The van der Waals surface area contributed by atoms with Crippen LogP contribution in [0.2, 0.25) is 0 Å². The summed E-state index contributed by atoms with van der Waals surface area (Å²) in [5.74, 6) is 0.160. The number of piperidine rings is 1. The van der Waals surface area contributed by atoms with Crippen LogP contribution >= 0.6 is 0 Å². The van der Waals surface area contributed by atoms with E-state index in [9.17, 15) is 4.79 Å². The fourth-order valence-electron chi connectivity index (χ4n) is 4.17. The number of hydrogen-bond donors (Lipinski definition) is 0. The molecule has 8 nitrogen and oxygen atoms in total. The van der Waals surface area contributed by atoms with Gasteiger partial charge in [-0.25, -0.2) is 9.78 Å². The molecule has 1 saturated heterocycles. The van der Waals surface area contributed by atoms with Crippen LogP contribution in [0.25, 0.3) is 11.0 Å². The van der Waals surface area contributed by atoms with E-state index in [0.717, 1.165) is 48.3 Å². The summed E-state index contributed by atoms with van der Waals surface area (Å²) in [5, 5.41) is 9.76. The van der Waals surface area contributed by atoms with Crippen LogP contribution in [0.3, 0.4) is 0 Å². The maximum Gasteiger partial charge on any atom is 0.341 e. The minimum absolute atomic E-state index is 0.329. The Hall–Kier alpha value is -2.90. The molecule has 0 aliphatic carbocycles. The Morgan fingerprint density at radius 1 is 1.25 bits per heavy atom. The van der Waals surface area contributed by atoms with Gasteiger partial charge in [0, 0.05) is 39.6 Å². The number of rotatable bonds is 4. The van der Waals surface area contributed by atoms with Gasteiger partial charge in [-0.15, -0.1) is 0 Å². The smallest absolute Gasteiger partial charge is 0.341 e. The molecule has 0 amide bonds. The first-order valence-electron chi connectivity index (χ1n) is 9.72. The molecule has 4 heterocycles. The Morgan fingerprint density at radius 2 is 2.00 bits per heavy atom. The van der Waals surface area contributed by atoms with Crippen molar-refractivity contribution >= 4 is 22.7 Å². The minimum Gasteiger partial charge on any atom is -0.462 e. The van der Waals surface area contributed by atoms with E-state index in [0.29, 0.717) is 18.1 Å². The lowest BCUT2D eigenvalue weighted by Crippen LogP contribution is -2.34. The van der Waals surface area contributed by atoms with Crippen LogP contribution in [0.4, 0.5) is 5.69 Å². The van der Waals surface area contributed by atoms with E-state index in [-0.39, 0.29) is 5.97 Å². The Balaban J connectivity index is 1.70. The number of pyridine rings is 1. The van der Waals surface area contributed by atoms with Crippen molar-refractivity contribution in [1.82, 2.24) is 24.5 Å². The lowest BCUT2D eigenvalue weighted by atomic mass is 9.91. The summed E-state index contributed by atoms with van der Waals surface area (Å²) in [4.78, 5) is 19.4. The Bertz CT molecular complexity index is 1010. The van der Waals surface area contributed by atoms with Crippen molar-refractivity contribution < 1.29 is 9.53 Å². The number of ether oxygens (including phenoxy) is 1. The van der Waals surface area contributed by atoms with Crippen molar-refractivity contribution in [3.63, 3.8) is 0 Å². The summed E-state index contributed by atoms with van der Waals surface area (Å²) in [6.07, 6.45) is 7.71. The predicted molar refractivity (Wildman–Crippen MR) is 107 cm³/mol. The third kappa shape index (κ3) is 3.12. The van der Waals surface area contributed by atoms with Gasteiger partial charge in [0.2, 0.25) is 0 Å². The van der Waals surface area contributed by atoms with Crippen LogP contribution in [0.15, 0.2) is 18.6 Å². The molecule has 4 rings (SSSR count). The first-order valence-corrected chi connectivity index (χ1v) is 9.72. The molecule has 0 unspecified atom stereocenters. The number of fused-ring (bicyclic) bond motifs is 1. The largest absolute Gasteiger partial charge is 0.462 e. The Morgan fingerprint density at radius 3 is 2.64 bits per heavy atom. The zero-order valence-corrected chi connectivity index (χ0v) is 16.8. The summed E-state index contributed by atoms with van der Waals surface area (Å²) in [6.45, 7) is 5.84. The highest BCUT2D eigenvalue weighted by atomic mass is 16.5. The fourth-order valence-corrected chi connectivity index (χ4v) is 4.17. The van der Waals surface area contributed by atoms with Gasteiger partial charge < -0.3 is 9.64 Å². The van der Waals surface area contributed by atoms with Crippen molar-refractivity contribution in [1.29, 1.82) is 0 Å². The molecule has 0 bridgehead atoms. The second kappa shape index (κ2) is 7.26. The van der Waals surface area contributed by atoms with Gasteiger partial charge in [0.1, 0.15) is 5.56 Å². The van der Waals surface area contributed by atoms with Crippen molar-refractivity contribution in [3.8, 4) is 0 Å².